The van der Waals surface area contributed by atoms with Crippen LogP contribution < -0.4 is 5.32 Å². The van der Waals surface area contributed by atoms with E-state index in [0.717, 1.165) is 70.5 Å². The van der Waals surface area contributed by atoms with Crippen LogP contribution in [0.15, 0.2) is 4.99 Å². The third-order valence-electron chi connectivity index (χ3n) is 5.43. The molecular formula is C20H40IN3O2. The first-order chi connectivity index (χ1) is 12.3. The van der Waals surface area contributed by atoms with Crippen LogP contribution in [-0.4, -0.2) is 63.5 Å². The number of methoxy groups -OCH3 is 1. The maximum absolute atomic E-state index is 5.96. The fourth-order valence-electron chi connectivity index (χ4n) is 3.98. The molecule has 1 aliphatic carbocycles. The second-order valence-electron chi connectivity index (χ2n) is 7.43. The average molecular weight is 481 g/mol. The molecule has 0 unspecified atom stereocenters. The minimum atomic E-state index is 0. The number of piperidine rings is 1. The average Bonchev–Trinajstić information content (AvgIpc) is 3.15. The summed E-state index contributed by atoms with van der Waals surface area (Å²) in [6.07, 6.45) is 12.0. The molecule has 0 spiro atoms. The second-order valence-corrected chi connectivity index (χ2v) is 7.43. The topological polar surface area (TPSA) is 46.1 Å². The first kappa shape index (κ1) is 24.0. The Balaban J connectivity index is 0.00000338. The Kier molecular flexibility index (Phi) is 13.7. The fraction of sp³-hybridized carbons (Fsp3) is 0.950. The van der Waals surface area contributed by atoms with Gasteiger partial charge in [0, 0.05) is 46.5 Å². The van der Waals surface area contributed by atoms with Crippen molar-refractivity contribution in [3.8, 4) is 0 Å². The molecule has 1 N–H and O–H groups in total. The lowest BCUT2D eigenvalue weighted by atomic mass is 10.0. The van der Waals surface area contributed by atoms with Gasteiger partial charge in [-0.05, 0) is 44.9 Å². The molecule has 2 aliphatic rings. The number of aliphatic imine (C=N–C) groups is 1. The molecule has 6 heteroatoms. The van der Waals surface area contributed by atoms with Crippen LogP contribution in [0.4, 0.5) is 0 Å². The van der Waals surface area contributed by atoms with E-state index in [0.29, 0.717) is 6.10 Å². The van der Waals surface area contributed by atoms with E-state index >= 15 is 0 Å². The molecule has 0 aromatic heterocycles. The van der Waals surface area contributed by atoms with Gasteiger partial charge in [-0.25, -0.2) is 0 Å². The van der Waals surface area contributed by atoms with Crippen LogP contribution in [0.5, 0.6) is 0 Å². The first-order valence-electron chi connectivity index (χ1n) is 10.5. The SMILES string of the molecule is CCNC(=NCCCC1CCCC1)N1CCC(OCCCOC)CC1.I. The summed E-state index contributed by atoms with van der Waals surface area (Å²) >= 11 is 0. The summed E-state index contributed by atoms with van der Waals surface area (Å²) in [4.78, 5) is 7.29. The Morgan fingerprint density at radius 3 is 2.46 bits per heavy atom. The molecule has 26 heavy (non-hydrogen) atoms. The van der Waals surface area contributed by atoms with Gasteiger partial charge in [0.2, 0.25) is 0 Å². The van der Waals surface area contributed by atoms with E-state index < -0.39 is 0 Å². The van der Waals surface area contributed by atoms with Gasteiger partial charge in [-0.1, -0.05) is 25.7 Å². The Bertz CT molecular complexity index is 368. The van der Waals surface area contributed by atoms with Crippen molar-refractivity contribution in [2.75, 3.05) is 46.5 Å². The quantitative estimate of drug-likeness (QED) is 0.221. The molecule has 0 aromatic carbocycles. The molecule has 1 aliphatic heterocycles. The molecule has 1 saturated carbocycles. The molecule has 0 aromatic rings. The van der Waals surface area contributed by atoms with Crippen molar-refractivity contribution in [2.45, 2.75) is 70.8 Å². The number of hydrogen-bond acceptors (Lipinski definition) is 3. The van der Waals surface area contributed by atoms with E-state index in [4.69, 9.17) is 14.5 Å². The Morgan fingerprint density at radius 1 is 1.08 bits per heavy atom. The van der Waals surface area contributed by atoms with Crippen LogP contribution in [-0.2, 0) is 9.47 Å². The van der Waals surface area contributed by atoms with Crippen LogP contribution in [0, 0.1) is 5.92 Å². The Hall–Kier alpha value is -0.0800. The zero-order chi connectivity index (χ0) is 17.7. The van der Waals surface area contributed by atoms with Crippen molar-refractivity contribution in [1.82, 2.24) is 10.2 Å². The highest BCUT2D eigenvalue weighted by Gasteiger charge is 2.22. The van der Waals surface area contributed by atoms with E-state index in [-0.39, 0.29) is 24.0 Å². The smallest absolute Gasteiger partial charge is 0.193 e. The summed E-state index contributed by atoms with van der Waals surface area (Å²) in [6.45, 7) is 7.75. The van der Waals surface area contributed by atoms with E-state index in [9.17, 15) is 0 Å². The lowest BCUT2D eigenvalue weighted by Crippen LogP contribution is -2.47. The number of ether oxygens (including phenoxy) is 2. The van der Waals surface area contributed by atoms with E-state index in [1.54, 1.807) is 7.11 Å². The van der Waals surface area contributed by atoms with Crippen molar-refractivity contribution >= 4 is 29.9 Å². The minimum Gasteiger partial charge on any atom is -0.385 e. The van der Waals surface area contributed by atoms with Crippen LogP contribution in [0.25, 0.3) is 0 Å². The summed E-state index contributed by atoms with van der Waals surface area (Å²) < 4.78 is 11.0. The molecular weight excluding hydrogens is 441 g/mol. The third kappa shape index (κ3) is 9.22. The molecule has 1 heterocycles. The Morgan fingerprint density at radius 2 is 1.81 bits per heavy atom. The molecule has 0 bridgehead atoms. The van der Waals surface area contributed by atoms with E-state index in [1.165, 1.54) is 38.5 Å². The highest BCUT2D eigenvalue weighted by molar-refractivity contribution is 14.0. The molecule has 2 rings (SSSR count). The normalized spacial score (nSPS) is 19.6. The predicted octanol–water partition coefficient (Wildman–Crippen LogP) is 4.06. The number of halogens is 1. The van der Waals surface area contributed by atoms with E-state index in [1.807, 2.05) is 0 Å². The molecule has 2 fully saturated rings. The number of rotatable bonds is 10. The van der Waals surface area contributed by atoms with Crippen LogP contribution in [0.3, 0.4) is 0 Å². The van der Waals surface area contributed by atoms with Crippen LogP contribution >= 0.6 is 24.0 Å². The van der Waals surface area contributed by atoms with Gasteiger partial charge in [0.25, 0.3) is 0 Å². The van der Waals surface area contributed by atoms with Crippen molar-refractivity contribution in [3.63, 3.8) is 0 Å². The summed E-state index contributed by atoms with van der Waals surface area (Å²) in [5.74, 6) is 2.08. The number of hydrogen-bond donors (Lipinski definition) is 1. The van der Waals surface area contributed by atoms with Gasteiger partial charge in [0.1, 0.15) is 0 Å². The largest absolute Gasteiger partial charge is 0.385 e. The monoisotopic (exact) mass is 481 g/mol. The summed E-state index contributed by atoms with van der Waals surface area (Å²) in [6, 6.07) is 0. The van der Waals surface area contributed by atoms with Crippen LogP contribution in [0.2, 0.25) is 0 Å². The molecule has 1 saturated heterocycles. The van der Waals surface area contributed by atoms with Crippen molar-refractivity contribution in [1.29, 1.82) is 0 Å². The second kappa shape index (κ2) is 14.9. The molecule has 0 amide bonds. The summed E-state index contributed by atoms with van der Waals surface area (Å²) in [5.41, 5.74) is 0. The Labute approximate surface area is 177 Å². The zero-order valence-electron chi connectivity index (χ0n) is 16.9. The minimum absolute atomic E-state index is 0. The highest BCUT2D eigenvalue weighted by atomic mass is 127. The van der Waals surface area contributed by atoms with Crippen molar-refractivity contribution in [2.24, 2.45) is 10.9 Å². The van der Waals surface area contributed by atoms with Crippen molar-refractivity contribution < 1.29 is 9.47 Å². The van der Waals surface area contributed by atoms with Gasteiger partial charge in [0.15, 0.2) is 5.96 Å². The first-order valence-corrected chi connectivity index (χ1v) is 10.5. The molecule has 0 atom stereocenters. The number of guanidine groups is 1. The summed E-state index contributed by atoms with van der Waals surface area (Å²) in [7, 11) is 1.74. The van der Waals surface area contributed by atoms with Gasteiger partial charge < -0.3 is 19.7 Å². The maximum atomic E-state index is 5.96. The lowest BCUT2D eigenvalue weighted by Gasteiger charge is -2.34. The van der Waals surface area contributed by atoms with Gasteiger partial charge in [-0.15, -0.1) is 24.0 Å². The lowest BCUT2D eigenvalue weighted by molar-refractivity contribution is 0.00990. The number of nitrogens with one attached hydrogen (secondary N) is 1. The van der Waals surface area contributed by atoms with Gasteiger partial charge >= 0.3 is 0 Å². The number of likely N-dealkylation sites (tertiary alicyclic amines) is 1. The maximum Gasteiger partial charge on any atom is 0.193 e. The summed E-state index contributed by atoms with van der Waals surface area (Å²) in [5, 5.41) is 3.47. The van der Waals surface area contributed by atoms with Gasteiger partial charge in [-0.3, -0.25) is 4.99 Å². The zero-order valence-corrected chi connectivity index (χ0v) is 19.2. The fourth-order valence-corrected chi connectivity index (χ4v) is 3.98. The molecule has 5 nitrogen and oxygen atoms in total. The number of nitrogens with zero attached hydrogens (tertiary/aromatic N) is 2. The third-order valence-corrected chi connectivity index (χ3v) is 5.43. The van der Waals surface area contributed by atoms with E-state index in [2.05, 4.69) is 17.1 Å². The molecule has 0 radical (unpaired) electrons. The highest BCUT2D eigenvalue weighted by Crippen LogP contribution is 2.28. The van der Waals surface area contributed by atoms with Gasteiger partial charge in [-0.2, -0.15) is 0 Å². The van der Waals surface area contributed by atoms with Gasteiger partial charge in [0.05, 0.1) is 6.10 Å². The van der Waals surface area contributed by atoms with Crippen molar-refractivity contribution in [3.05, 3.63) is 0 Å². The molecule has 154 valence electrons. The van der Waals surface area contributed by atoms with Crippen LogP contribution in [0.1, 0.15) is 64.7 Å². The standard InChI is InChI=1S/C20H39N3O2.HI/c1-3-21-20(22-13-6-10-18-8-4-5-9-18)23-14-11-19(12-15-23)25-17-7-16-24-2;/h18-19H,3-17H2,1-2H3,(H,21,22);1H. The predicted molar refractivity (Wildman–Crippen MR) is 120 cm³/mol.